The van der Waals surface area contributed by atoms with E-state index < -0.39 is 17.7 Å². The van der Waals surface area contributed by atoms with E-state index in [0.29, 0.717) is 0 Å². The third-order valence-electron chi connectivity index (χ3n) is 2.37. The fraction of sp³-hybridized carbons (Fsp3) is 0.556. The van der Waals surface area contributed by atoms with Gasteiger partial charge in [-0.05, 0) is 13.0 Å². The lowest BCUT2D eigenvalue weighted by Crippen LogP contribution is -2.33. The van der Waals surface area contributed by atoms with Gasteiger partial charge in [0.05, 0.1) is 13.2 Å². The lowest BCUT2D eigenvalue weighted by Gasteiger charge is -2.20. The first-order valence-corrected chi connectivity index (χ1v) is 4.81. The molecule has 2 heterocycles. The minimum absolute atomic E-state index is 0.157. The minimum Gasteiger partial charge on any atom is -0.391 e. The normalized spacial score (nSPS) is 29.5. The van der Waals surface area contributed by atoms with Gasteiger partial charge in [0.15, 0.2) is 12.0 Å². The third-order valence-corrected chi connectivity index (χ3v) is 2.37. The van der Waals surface area contributed by atoms with Crippen LogP contribution in [-0.4, -0.2) is 33.7 Å². The first-order chi connectivity index (χ1) is 7.54. The van der Waals surface area contributed by atoms with E-state index in [0.717, 1.165) is 0 Å². The van der Waals surface area contributed by atoms with Gasteiger partial charge in [-0.15, -0.1) is 0 Å². The van der Waals surface area contributed by atoms with Crippen molar-refractivity contribution in [3.8, 4) is 0 Å². The Hall–Kier alpha value is -1.44. The molecule has 1 unspecified atom stereocenters. The van der Waals surface area contributed by atoms with Crippen molar-refractivity contribution in [1.29, 1.82) is 0 Å². The van der Waals surface area contributed by atoms with E-state index in [1.807, 2.05) is 0 Å². The van der Waals surface area contributed by atoms with E-state index in [9.17, 15) is 4.79 Å². The van der Waals surface area contributed by atoms with Gasteiger partial charge in [0.1, 0.15) is 5.82 Å². The van der Waals surface area contributed by atoms with Gasteiger partial charge in [0.2, 0.25) is 0 Å². The molecule has 1 saturated heterocycles. The lowest BCUT2D eigenvalue weighted by molar-refractivity contribution is -0.186. The molecule has 1 aliphatic heterocycles. The maximum Gasteiger partial charge on any atom is 0.351 e. The van der Waals surface area contributed by atoms with Crippen molar-refractivity contribution in [3.05, 3.63) is 22.7 Å². The van der Waals surface area contributed by atoms with Crippen molar-refractivity contribution in [2.24, 2.45) is 0 Å². The van der Waals surface area contributed by atoms with Crippen molar-refractivity contribution in [2.75, 3.05) is 18.9 Å². The number of hydrogen-bond acceptors (Lipinski definition) is 6. The average Bonchev–Trinajstić information content (AvgIpc) is 2.62. The summed E-state index contributed by atoms with van der Waals surface area (Å²) in [6.07, 6.45) is 0.902. The van der Waals surface area contributed by atoms with Gasteiger partial charge in [-0.25, -0.2) is 4.79 Å². The summed E-state index contributed by atoms with van der Waals surface area (Å²) in [5, 5.41) is 9.03. The van der Waals surface area contributed by atoms with Crippen LogP contribution in [0.1, 0.15) is 13.2 Å². The second-order valence-electron chi connectivity index (χ2n) is 3.72. The monoisotopic (exact) mass is 227 g/mol. The second kappa shape index (κ2) is 3.85. The van der Waals surface area contributed by atoms with E-state index >= 15 is 0 Å². The predicted molar refractivity (Wildman–Crippen MR) is 54.5 cm³/mol. The molecular weight excluding hydrogens is 214 g/mol. The second-order valence-corrected chi connectivity index (χ2v) is 3.72. The van der Waals surface area contributed by atoms with Gasteiger partial charge in [-0.3, -0.25) is 4.57 Å². The smallest absolute Gasteiger partial charge is 0.351 e. The molecule has 1 aromatic rings. The zero-order valence-electron chi connectivity index (χ0n) is 8.79. The molecule has 0 radical (unpaired) electrons. The Labute approximate surface area is 91.4 Å². The summed E-state index contributed by atoms with van der Waals surface area (Å²) in [5.74, 6) is -0.907. The molecule has 0 aromatic carbocycles. The van der Waals surface area contributed by atoms with Crippen molar-refractivity contribution >= 4 is 5.82 Å². The number of nitrogens with two attached hydrogens (primary N) is 1. The van der Waals surface area contributed by atoms with Crippen LogP contribution in [0.4, 0.5) is 5.82 Å². The van der Waals surface area contributed by atoms with Crippen LogP contribution >= 0.6 is 0 Å². The highest BCUT2D eigenvalue weighted by Gasteiger charge is 2.37. The van der Waals surface area contributed by atoms with Crippen LogP contribution in [0, 0.1) is 0 Å². The summed E-state index contributed by atoms with van der Waals surface area (Å²) in [5.41, 5.74) is 4.87. The topological polar surface area (TPSA) is 99.6 Å². The van der Waals surface area contributed by atoms with Gasteiger partial charge in [-0.1, -0.05) is 0 Å². The summed E-state index contributed by atoms with van der Waals surface area (Å²) in [6, 6.07) is 1.50. The molecule has 88 valence electrons. The first kappa shape index (κ1) is 11.1. The number of nitrogen functional groups attached to an aromatic ring is 1. The van der Waals surface area contributed by atoms with Crippen molar-refractivity contribution in [3.63, 3.8) is 0 Å². The summed E-state index contributed by atoms with van der Waals surface area (Å²) in [7, 11) is 0. The van der Waals surface area contributed by atoms with Crippen LogP contribution in [0.15, 0.2) is 17.1 Å². The standard InChI is InChI=1S/C9H13N3O4/c1-9(5-13)15-4-7(16-9)12-3-2-6(10)11-8(12)14/h2-3,7,13H,4-5H2,1H3,(H2,10,11,14)/t7?,9-/m0/s1. The number of anilines is 1. The van der Waals surface area contributed by atoms with Crippen molar-refractivity contribution < 1.29 is 14.6 Å². The maximum absolute atomic E-state index is 11.5. The molecule has 0 bridgehead atoms. The molecule has 0 spiro atoms. The number of rotatable bonds is 2. The molecular formula is C9H13N3O4. The van der Waals surface area contributed by atoms with E-state index in [1.165, 1.54) is 16.8 Å². The SMILES string of the molecule is C[C@]1(CO)OCC(n2ccc(N)nc2=O)O1. The molecule has 7 nitrogen and oxygen atoms in total. The molecule has 7 heteroatoms. The van der Waals surface area contributed by atoms with Crippen molar-refractivity contribution in [2.45, 2.75) is 18.9 Å². The highest BCUT2D eigenvalue weighted by molar-refractivity contribution is 5.23. The van der Waals surface area contributed by atoms with Gasteiger partial charge < -0.3 is 20.3 Å². The van der Waals surface area contributed by atoms with E-state index in [1.54, 1.807) is 6.92 Å². The van der Waals surface area contributed by atoms with Gasteiger partial charge in [0.25, 0.3) is 0 Å². The van der Waals surface area contributed by atoms with Crippen LogP contribution in [0.3, 0.4) is 0 Å². The summed E-state index contributed by atoms with van der Waals surface area (Å²) in [6.45, 7) is 1.51. The Morgan fingerprint density at radius 1 is 1.81 bits per heavy atom. The summed E-state index contributed by atoms with van der Waals surface area (Å²) < 4.78 is 11.9. The van der Waals surface area contributed by atoms with Gasteiger partial charge in [-0.2, -0.15) is 4.98 Å². The number of aliphatic hydroxyl groups is 1. The van der Waals surface area contributed by atoms with Gasteiger partial charge in [0, 0.05) is 6.20 Å². The first-order valence-electron chi connectivity index (χ1n) is 4.81. The number of aromatic nitrogens is 2. The molecule has 0 amide bonds. The molecule has 1 aliphatic rings. The van der Waals surface area contributed by atoms with Crippen molar-refractivity contribution in [1.82, 2.24) is 9.55 Å². The fourth-order valence-corrected chi connectivity index (χ4v) is 1.47. The summed E-state index contributed by atoms with van der Waals surface area (Å²) in [4.78, 5) is 15.1. The molecule has 2 atom stereocenters. The Kier molecular flexibility index (Phi) is 2.66. The molecule has 3 N–H and O–H groups in total. The van der Waals surface area contributed by atoms with E-state index in [-0.39, 0.29) is 19.0 Å². The molecule has 1 aromatic heterocycles. The van der Waals surface area contributed by atoms with Crippen LogP contribution in [-0.2, 0) is 9.47 Å². The average molecular weight is 227 g/mol. The zero-order valence-corrected chi connectivity index (χ0v) is 8.79. The summed E-state index contributed by atoms with van der Waals surface area (Å²) >= 11 is 0. The quantitative estimate of drug-likeness (QED) is 0.677. The maximum atomic E-state index is 11.5. The number of nitrogens with zero attached hydrogens (tertiary/aromatic N) is 2. The number of aliphatic hydroxyl groups excluding tert-OH is 1. The van der Waals surface area contributed by atoms with Crippen LogP contribution in [0.5, 0.6) is 0 Å². The third kappa shape index (κ3) is 1.92. The molecule has 1 fully saturated rings. The largest absolute Gasteiger partial charge is 0.391 e. The van der Waals surface area contributed by atoms with Crippen LogP contribution in [0.25, 0.3) is 0 Å². The van der Waals surface area contributed by atoms with Crippen LogP contribution < -0.4 is 11.4 Å². The predicted octanol–water partition coefficient (Wildman–Crippen LogP) is -0.921. The molecule has 0 saturated carbocycles. The zero-order chi connectivity index (χ0) is 11.8. The van der Waals surface area contributed by atoms with Gasteiger partial charge >= 0.3 is 5.69 Å². The Balaban J connectivity index is 2.24. The highest BCUT2D eigenvalue weighted by atomic mass is 16.8. The van der Waals surface area contributed by atoms with Crippen LogP contribution in [0.2, 0.25) is 0 Å². The lowest BCUT2D eigenvalue weighted by atomic mass is 10.4. The molecule has 0 aliphatic carbocycles. The van der Waals surface area contributed by atoms with E-state index in [4.69, 9.17) is 20.3 Å². The molecule has 2 rings (SSSR count). The fourth-order valence-electron chi connectivity index (χ4n) is 1.47. The Bertz CT molecular complexity index is 447. The minimum atomic E-state index is -1.06. The number of ether oxygens (including phenoxy) is 2. The molecule has 16 heavy (non-hydrogen) atoms. The Morgan fingerprint density at radius 2 is 2.56 bits per heavy atom. The number of hydrogen-bond donors (Lipinski definition) is 2. The van der Waals surface area contributed by atoms with E-state index in [2.05, 4.69) is 4.98 Å². The highest BCUT2D eigenvalue weighted by Crippen LogP contribution is 2.27. The Morgan fingerprint density at radius 3 is 3.12 bits per heavy atom.